The van der Waals surface area contributed by atoms with Gasteiger partial charge in [-0.05, 0) is 36.0 Å². The van der Waals surface area contributed by atoms with Gasteiger partial charge in [-0.3, -0.25) is 0 Å². The molecule has 0 aliphatic rings. The first kappa shape index (κ1) is 5.80. The van der Waals surface area contributed by atoms with Gasteiger partial charge < -0.3 is 0 Å². The Balaban J connectivity index is 3.57. The van der Waals surface area contributed by atoms with Gasteiger partial charge in [-0.15, -0.1) is 0 Å². The molecule has 1 rings (SSSR count). The summed E-state index contributed by atoms with van der Waals surface area (Å²) in [7, 11) is 0. The van der Waals surface area contributed by atoms with Crippen LogP contribution in [0.25, 0.3) is 0 Å². The zero-order valence-electron chi connectivity index (χ0n) is 11.1. The molecule has 0 heteroatoms. The van der Waals surface area contributed by atoms with Gasteiger partial charge in [0.05, 0.1) is 4.11 Å². The van der Waals surface area contributed by atoms with Crippen LogP contribution in [-0.4, -0.2) is 0 Å². The highest BCUT2D eigenvalue weighted by molar-refractivity contribution is 5.30. The molecule has 0 saturated carbocycles. The third kappa shape index (κ3) is 2.10. The third-order valence-corrected chi connectivity index (χ3v) is 1.97. The van der Waals surface area contributed by atoms with E-state index in [2.05, 4.69) is 0 Å². The topological polar surface area (TPSA) is 0 Å². The van der Waals surface area contributed by atoms with Crippen molar-refractivity contribution in [1.29, 1.82) is 0 Å². The van der Waals surface area contributed by atoms with E-state index in [1.165, 1.54) is 0 Å². The Bertz CT molecular complexity index is 291. The van der Waals surface area contributed by atoms with E-state index < -0.39 is 0 Å². The molecule has 0 N–H and O–H groups in total. The molecule has 0 spiro atoms. The molecule has 0 nitrogen and oxygen atoms in total. The van der Waals surface area contributed by atoms with Crippen molar-refractivity contribution < 1.29 is 4.11 Å². The molecule has 0 fully saturated rings. The van der Waals surface area contributed by atoms with Crippen molar-refractivity contribution in [2.24, 2.45) is 0 Å². The van der Waals surface area contributed by atoms with Crippen LogP contribution in [0.5, 0.6) is 0 Å². The predicted molar refractivity (Wildman–Crippen MR) is 54.6 cm³/mol. The molecule has 12 heavy (non-hydrogen) atoms. The SMILES string of the molecule is [2H]c1c(CC)c([2H])c(CC)c([2H])c1CC. The van der Waals surface area contributed by atoms with Crippen LogP contribution in [0, 0.1) is 0 Å². The second-order valence-electron chi connectivity index (χ2n) is 2.87. The number of hydrogen-bond donors (Lipinski definition) is 0. The Morgan fingerprint density at radius 2 is 1.08 bits per heavy atom. The van der Waals surface area contributed by atoms with Crippen LogP contribution in [0.2, 0.25) is 0 Å². The van der Waals surface area contributed by atoms with Crippen LogP contribution < -0.4 is 0 Å². The van der Waals surface area contributed by atoms with Crippen LogP contribution in [0.4, 0.5) is 0 Å². The van der Waals surface area contributed by atoms with Crippen molar-refractivity contribution in [1.82, 2.24) is 0 Å². The van der Waals surface area contributed by atoms with E-state index in [9.17, 15) is 0 Å². The minimum atomic E-state index is 0.409. The first-order chi connectivity index (χ1) is 7.08. The summed E-state index contributed by atoms with van der Waals surface area (Å²) in [5.41, 5.74) is 2.37. The van der Waals surface area contributed by atoms with Crippen molar-refractivity contribution in [3.63, 3.8) is 0 Å². The van der Waals surface area contributed by atoms with Crippen molar-refractivity contribution in [3.05, 3.63) is 34.8 Å². The summed E-state index contributed by atoms with van der Waals surface area (Å²) in [5.74, 6) is 0. The molecule has 0 heterocycles. The van der Waals surface area contributed by atoms with Crippen molar-refractivity contribution in [3.8, 4) is 0 Å². The van der Waals surface area contributed by atoms with Gasteiger partial charge in [0.1, 0.15) is 0 Å². The maximum absolute atomic E-state index is 7.96. The van der Waals surface area contributed by atoms with Crippen molar-refractivity contribution in [2.75, 3.05) is 0 Å². The Labute approximate surface area is 79.8 Å². The summed E-state index contributed by atoms with van der Waals surface area (Å²) in [6, 6.07) is 1.23. The Morgan fingerprint density at radius 3 is 1.25 bits per heavy atom. The summed E-state index contributed by atoms with van der Waals surface area (Å²) in [4.78, 5) is 0. The lowest BCUT2D eigenvalue weighted by molar-refractivity contribution is 1.04. The van der Waals surface area contributed by atoms with E-state index in [1.807, 2.05) is 20.8 Å². The average molecular weight is 165 g/mol. The molecule has 0 saturated heterocycles. The fraction of sp³-hybridized carbons (Fsp3) is 0.500. The first-order valence-corrected chi connectivity index (χ1v) is 4.68. The molecule has 1 aromatic carbocycles. The van der Waals surface area contributed by atoms with Crippen LogP contribution in [0.15, 0.2) is 18.1 Å². The summed E-state index contributed by atoms with van der Waals surface area (Å²) in [6.45, 7) is 5.90. The lowest BCUT2D eigenvalue weighted by atomic mass is 10.0. The third-order valence-electron chi connectivity index (χ3n) is 1.97. The van der Waals surface area contributed by atoms with E-state index in [4.69, 9.17) is 4.11 Å². The fourth-order valence-electron chi connectivity index (χ4n) is 1.17. The molecule has 1 aromatic rings. The van der Waals surface area contributed by atoms with Gasteiger partial charge in [-0.2, -0.15) is 0 Å². The Morgan fingerprint density at radius 1 is 0.833 bits per heavy atom. The smallest absolute Gasteiger partial charge is 0.0613 e. The summed E-state index contributed by atoms with van der Waals surface area (Å²) < 4.78 is 23.9. The zero-order chi connectivity index (χ0) is 11.6. The van der Waals surface area contributed by atoms with E-state index >= 15 is 0 Å². The van der Waals surface area contributed by atoms with E-state index in [0.29, 0.717) is 37.4 Å². The Kier molecular flexibility index (Phi) is 2.08. The van der Waals surface area contributed by atoms with Gasteiger partial charge in [0.2, 0.25) is 0 Å². The maximum atomic E-state index is 7.96. The predicted octanol–water partition coefficient (Wildman–Crippen LogP) is 3.37. The second kappa shape index (κ2) is 4.30. The van der Waals surface area contributed by atoms with Gasteiger partial charge in [0, 0.05) is 0 Å². The van der Waals surface area contributed by atoms with Gasteiger partial charge in [0.25, 0.3) is 0 Å². The minimum absolute atomic E-state index is 0.409. The van der Waals surface area contributed by atoms with E-state index in [-0.39, 0.29) is 0 Å². The highest BCUT2D eigenvalue weighted by Crippen LogP contribution is 2.12. The van der Waals surface area contributed by atoms with Gasteiger partial charge in [0.15, 0.2) is 0 Å². The molecule has 0 bridgehead atoms. The van der Waals surface area contributed by atoms with Gasteiger partial charge >= 0.3 is 0 Å². The molecule has 0 amide bonds. The average Bonchev–Trinajstić information content (AvgIpc) is 2.19. The van der Waals surface area contributed by atoms with Gasteiger partial charge in [-0.1, -0.05) is 38.9 Å². The van der Waals surface area contributed by atoms with Crippen LogP contribution >= 0.6 is 0 Å². The van der Waals surface area contributed by atoms with Crippen molar-refractivity contribution >= 4 is 0 Å². The van der Waals surface area contributed by atoms with E-state index in [0.717, 1.165) is 16.7 Å². The summed E-state index contributed by atoms with van der Waals surface area (Å²) in [5, 5.41) is 0. The molecular formula is C12H18. The minimum Gasteiger partial charge on any atom is -0.0613 e. The Hall–Kier alpha value is -0.780. The van der Waals surface area contributed by atoms with Crippen molar-refractivity contribution in [2.45, 2.75) is 40.0 Å². The summed E-state index contributed by atoms with van der Waals surface area (Å²) in [6.07, 6.45) is 2.12. The molecule has 66 valence electrons. The first-order valence-electron chi connectivity index (χ1n) is 6.18. The largest absolute Gasteiger partial charge is 0.0629 e. The number of rotatable bonds is 3. The number of benzene rings is 1. The molecule has 0 aliphatic carbocycles. The lowest BCUT2D eigenvalue weighted by Gasteiger charge is -2.05. The molecule has 0 radical (unpaired) electrons. The van der Waals surface area contributed by atoms with Gasteiger partial charge in [-0.25, -0.2) is 0 Å². The summed E-state index contributed by atoms with van der Waals surface area (Å²) >= 11 is 0. The highest BCUT2D eigenvalue weighted by atomic mass is 14.0. The molecule has 0 unspecified atom stereocenters. The zero-order valence-corrected chi connectivity index (χ0v) is 8.12. The monoisotopic (exact) mass is 165 g/mol. The lowest BCUT2D eigenvalue weighted by Crippen LogP contribution is -1.90. The van der Waals surface area contributed by atoms with Crippen LogP contribution in [0.1, 0.15) is 41.6 Å². The molecule has 0 aliphatic heterocycles. The quantitative estimate of drug-likeness (QED) is 0.644. The second-order valence-corrected chi connectivity index (χ2v) is 2.87. The molecular weight excluding hydrogens is 144 g/mol. The fourth-order valence-corrected chi connectivity index (χ4v) is 1.17. The highest BCUT2D eigenvalue weighted by Gasteiger charge is 1.96. The van der Waals surface area contributed by atoms with Crippen LogP contribution in [0.3, 0.4) is 0 Å². The van der Waals surface area contributed by atoms with Crippen LogP contribution in [-0.2, 0) is 19.3 Å². The molecule has 0 aromatic heterocycles. The van der Waals surface area contributed by atoms with E-state index in [1.54, 1.807) is 0 Å². The number of hydrogen-bond acceptors (Lipinski definition) is 0. The standard InChI is InChI=1S/C12H18/c1-4-10-7-11(5-2)9-12(6-3)8-10/h7-9H,4-6H2,1-3H3/i7D,8D,9D. The molecule has 0 atom stereocenters. The normalized spacial score (nSPS) is 13.8. The maximum Gasteiger partial charge on any atom is 0.0629 e.